The Morgan fingerprint density at radius 3 is 2.33 bits per heavy atom. The largest absolute Gasteiger partial charge is 0.316 e. The highest BCUT2D eigenvalue weighted by Gasteiger charge is 2.39. The summed E-state index contributed by atoms with van der Waals surface area (Å²) in [5.41, 5.74) is 5.99. The molecular weight excluding hydrogens is 218 g/mol. The second kappa shape index (κ2) is 5.44. The van der Waals surface area contributed by atoms with Crippen molar-refractivity contribution in [3.8, 4) is 0 Å². The summed E-state index contributed by atoms with van der Waals surface area (Å²) < 4.78 is 0. The molecule has 0 aliphatic heterocycles. The minimum Gasteiger partial charge on any atom is -0.316 e. The Hall–Kier alpha value is -0.820. The zero-order valence-electron chi connectivity index (χ0n) is 12.5. The van der Waals surface area contributed by atoms with Gasteiger partial charge in [-0.1, -0.05) is 31.5 Å². The Balaban J connectivity index is 1.95. The molecule has 0 bridgehead atoms. The number of rotatable bonds is 5. The zero-order valence-corrected chi connectivity index (χ0v) is 12.5. The lowest BCUT2D eigenvalue weighted by molar-refractivity contribution is 0.532. The average Bonchev–Trinajstić information content (AvgIpc) is 2.95. The van der Waals surface area contributed by atoms with E-state index in [1.165, 1.54) is 29.7 Å². The van der Waals surface area contributed by atoms with Crippen LogP contribution >= 0.6 is 0 Å². The predicted octanol–water partition coefficient (Wildman–Crippen LogP) is 3.96. The van der Waals surface area contributed by atoms with Crippen LogP contribution in [0, 0.1) is 32.6 Å². The van der Waals surface area contributed by atoms with Crippen LogP contribution in [0.4, 0.5) is 0 Å². The second-order valence-electron chi connectivity index (χ2n) is 6.47. The summed E-state index contributed by atoms with van der Waals surface area (Å²) in [6.07, 6.45) is 1.37. The van der Waals surface area contributed by atoms with Crippen molar-refractivity contribution in [1.82, 2.24) is 5.32 Å². The first-order chi connectivity index (χ1) is 8.49. The Bertz CT molecular complexity index is 397. The van der Waals surface area contributed by atoms with Crippen LogP contribution in [0.25, 0.3) is 0 Å². The van der Waals surface area contributed by atoms with E-state index < -0.39 is 0 Å². The first-order valence-electron chi connectivity index (χ1n) is 7.27. The summed E-state index contributed by atoms with van der Waals surface area (Å²) in [5, 5.41) is 3.60. The van der Waals surface area contributed by atoms with E-state index in [0.717, 1.165) is 24.3 Å². The number of nitrogens with one attached hydrogen (secondary N) is 1. The van der Waals surface area contributed by atoms with E-state index in [1.54, 1.807) is 5.56 Å². The molecule has 1 nitrogen and oxygen atoms in total. The first kappa shape index (κ1) is 13.6. The van der Waals surface area contributed by atoms with Gasteiger partial charge in [-0.2, -0.15) is 0 Å². The van der Waals surface area contributed by atoms with Crippen molar-refractivity contribution >= 4 is 0 Å². The minimum absolute atomic E-state index is 0.755. The molecule has 1 N–H and O–H groups in total. The van der Waals surface area contributed by atoms with Crippen LogP contribution in [0.1, 0.15) is 48.4 Å². The molecule has 0 amide bonds. The summed E-state index contributed by atoms with van der Waals surface area (Å²) in [4.78, 5) is 0. The van der Waals surface area contributed by atoms with E-state index in [0.29, 0.717) is 0 Å². The first-order valence-corrected chi connectivity index (χ1v) is 7.27. The normalized spacial score (nSPS) is 22.6. The minimum atomic E-state index is 0.755. The molecule has 0 spiro atoms. The van der Waals surface area contributed by atoms with Gasteiger partial charge < -0.3 is 5.32 Å². The van der Waals surface area contributed by atoms with Gasteiger partial charge >= 0.3 is 0 Å². The molecule has 1 heteroatoms. The molecule has 1 fully saturated rings. The van der Waals surface area contributed by atoms with Gasteiger partial charge in [0, 0.05) is 0 Å². The monoisotopic (exact) mass is 245 g/mol. The molecule has 2 unspecified atom stereocenters. The van der Waals surface area contributed by atoms with E-state index in [2.05, 4.69) is 52.1 Å². The maximum Gasteiger partial charge on any atom is -0.00143 e. The van der Waals surface area contributed by atoms with Crippen LogP contribution in [0.5, 0.6) is 0 Å². The topological polar surface area (TPSA) is 12.0 Å². The fraction of sp³-hybridized carbons (Fsp3) is 0.647. The molecular formula is C17H27N. The maximum absolute atomic E-state index is 3.60. The van der Waals surface area contributed by atoms with Crippen molar-refractivity contribution < 1.29 is 0 Å². The van der Waals surface area contributed by atoms with E-state index in [9.17, 15) is 0 Å². The smallest absolute Gasteiger partial charge is 0.00143 e. The zero-order chi connectivity index (χ0) is 13.3. The Labute approximate surface area is 112 Å². The summed E-state index contributed by atoms with van der Waals surface area (Å²) in [6.45, 7) is 13.6. The molecule has 0 aromatic heterocycles. The highest BCUT2D eigenvalue weighted by Crippen LogP contribution is 2.49. The van der Waals surface area contributed by atoms with Crippen LogP contribution in [0.2, 0.25) is 0 Å². The van der Waals surface area contributed by atoms with Crippen molar-refractivity contribution in [2.45, 2.75) is 47.0 Å². The number of aryl methyl sites for hydroxylation is 3. The van der Waals surface area contributed by atoms with Crippen molar-refractivity contribution in [3.05, 3.63) is 34.4 Å². The van der Waals surface area contributed by atoms with Gasteiger partial charge in [-0.05, 0) is 74.7 Å². The van der Waals surface area contributed by atoms with Gasteiger partial charge in [-0.25, -0.2) is 0 Å². The highest BCUT2D eigenvalue weighted by atomic mass is 14.9. The van der Waals surface area contributed by atoms with Crippen LogP contribution in [-0.4, -0.2) is 13.1 Å². The van der Waals surface area contributed by atoms with Gasteiger partial charge in [0.25, 0.3) is 0 Å². The average molecular weight is 245 g/mol. The van der Waals surface area contributed by atoms with Crippen LogP contribution in [-0.2, 0) is 0 Å². The van der Waals surface area contributed by atoms with Crippen molar-refractivity contribution in [2.75, 3.05) is 13.1 Å². The number of benzene rings is 1. The number of hydrogen-bond donors (Lipinski definition) is 1. The molecule has 0 heterocycles. The molecule has 1 aliphatic rings. The van der Waals surface area contributed by atoms with Gasteiger partial charge in [0.2, 0.25) is 0 Å². The molecule has 1 aromatic carbocycles. The number of hydrogen-bond acceptors (Lipinski definition) is 1. The van der Waals surface area contributed by atoms with E-state index >= 15 is 0 Å². The third-order valence-corrected chi connectivity index (χ3v) is 3.99. The predicted molar refractivity (Wildman–Crippen MR) is 79.2 cm³/mol. The lowest BCUT2D eigenvalue weighted by atomic mass is 9.95. The Morgan fingerprint density at radius 2 is 1.78 bits per heavy atom. The molecule has 1 aromatic rings. The summed E-state index contributed by atoms with van der Waals surface area (Å²) in [7, 11) is 0. The van der Waals surface area contributed by atoms with Crippen molar-refractivity contribution in [3.63, 3.8) is 0 Å². The molecule has 1 aliphatic carbocycles. The van der Waals surface area contributed by atoms with Crippen LogP contribution in [0.15, 0.2) is 12.1 Å². The van der Waals surface area contributed by atoms with Gasteiger partial charge in [-0.15, -0.1) is 0 Å². The second-order valence-corrected chi connectivity index (χ2v) is 6.47. The van der Waals surface area contributed by atoms with Crippen molar-refractivity contribution in [2.24, 2.45) is 11.8 Å². The molecule has 1 saturated carbocycles. The van der Waals surface area contributed by atoms with Gasteiger partial charge in [-0.3, -0.25) is 0 Å². The van der Waals surface area contributed by atoms with E-state index in [4.69, 9.17) is 0 Å². The summed E-state index contributed by atoms with van der Waals surface area (Å²) in [6, 6.07) is 4.67. The summed E-state index contributed by atoms with van der Waals surface area (Å²) in [5.74, 6) is 2.43. The molecule has 100 valence electrons. The van der Waals surface area contributed by atoms with Gasteiger partial charge in [0.1, 0.15) is 0 Å². The lowest BCUT2D eigenvalue weighted by Gasteiger charge is -2.12. The fourth-order valence-corrected chi connectivity index (χ4v) is 3.16. The third kappa shape index (κ3) is 3.14. The molecule has 2 atom stereocenters. The quantitative estimate of drug-likeness (QED) is 0.828. The highest BCUT2D eigenvalue weighted by molar-refractivity contribution is 5.42. The Kier molecular flexibility index (Phi) is 4.11. The standard InChI is InChI=1S/C17H27N/c1-11(2)9-18-10-15-8-16(15)17-13(4)6-12(3)7-14(17)5/h6-7,11,15-16,18H,8-10H2,1-5H3. The lowest BCUT2D eigenvalue weighted by Crippen LogP contribution is -2.22. The maximum atomic E-state index is 3.60. The third-order valence-electron chi connectivity index (χ3n) is 3.99. The Morgan fingerprint density at radius 1 is 1.17 bits per heavy atom. The fourth-order valence-electron chi connectivity index (χ4n) is 3.16. The summed E-state index contributed by atoms with van der Waals surface area (Å²) >= 11 is 0. The molecule has 0 radical (unpaired) electrons. The van der Waals surface area contributed by atoms with Crippen LogP contribution in [0.3, 0.4) is 0 Å². The molecule has 0 saturated heterocycles. The van der Waals surface area contributed by atoms with Gasteiger partial charge in [0.15, 0.2) is 0 Å². The van der Waals surface area contributed by atoms with E-state index in [1.807, 2.05) is 0 Å². The van der Waals surface area contributed by atoms with E-state index in [-0.39, 0.29) is 0 Å². The molecule has 18 heavy (non-hydrogen) atoms. The van der Waals surface area contributed by atoms with Gasteiger partial charge in [0.05, 0.1) is 0 Å². The molecule has 2 rings (SSSR count). The SMILES string of the molecule is Cc1cc(C)c(C2CC2CNCC(C)C)c(C)c1. The van der Waals surface area contributed by atoms with Crippen molar-refractivity contribution in [1.29, 1.82) is 0 Å². The van der Waals surface area contributed by atoms with Crippen LogP contribution < -0.4 is 5.32 Å².